The van der Waals surface area contributed by atoms with Gasteiger partial charge in [-0.05, 0) is 43.7 Å². The van der Waals surface area contributed by atoms with Crippen LogP contribution in [0.2, 0.25) is 5.02 Å². The van der Waals surface area contributed by atoms with Crippen molar-refractivity contribution < 1.29 is 14.6 Å². The number of carbonyl (C=O) groups excluding carboxylic acids is 1. The Bertz CT molecular complexity index is 671. The van der Waals surface area contributed by atoms with E-state index in [1.54, 1.807) is 44.2 Å². The Morgan fingerprint density at radius 3 is 2.65 bits per heavy atom. The number of halogens is 1. The highest BCUT2D eigenvalue weighted by atomic mass is 35.5. The zero-order valence-corrected chi connectivity index (χ0v) is 14.6. The van der Waals surface area contributed by atoms with Crippen molar-refractivity contribution in [2.24, 2.45) is 0 Å². The molecule has 0 amide bonds. The second-order valence-corrected chi connectivity index (χ2v) is 5.08. The Morgan fingerprint density at radius 1 is 1.30 bits per heavy atom. The third-order valence-corrected chi connectivity index (χ3v) is 3.23. The highest BCUT2D eigenvalue weighted by Crippen LogP contribution is 2.28. The summed E-state index contributed by atoms with van der Waals surface area (Å²) >= 11 is 6.01. The number of rotatable bonds is 4. The smallest absolute Gasteiger partial charge is 0.356 e. The number of esters is 1. The summed E-state index contributed by atoms with van der Waals surface area (Å²) in [4.78, 5) is 15.9. The van der Waals surface area contributed by atoms with Crippen LogP contribution >= 0.6 is 11.6 Å². The lowest BCUT2D eigenvalue weighted by atomic mass is 10.0. The first-order chi connectivity index (χ1) is 11.0. The van der Waals surface area contributed by atoms with E-state index in [9.17, 15) is 9.90 Å². The molecular weight excluding hydrogens is 314 g/mol. The minimum absolute atomic E-state index is 0.197. The van der Waals surface area contributed by atoms with Crippen LogP contribution in [0.25, 0.3) is 0 Å². The molecule has 1 N–H and O–H groups in total. The minimum Gasteiger partial charge on any atom is -0.507 e. The molecule has 1 heterocycles. The maximum Gasteiger partial charge on any atom is 0.356 e. The number of pyridine rings is 1. The molecule has 0 aliphatic rings. The molecule has 2 aromatic rings. The van der Waals surface area contributed by atoms with E-state index in [0.29, 0.717) is 34.9 Å². The molecule has 0 saturated carbocycles. The van der Waals surface area contributed by atoms with Gasteiger partial charge >= 0.3 is 5.97 Å². The first kappa shape index (κ1) is 19.0. The molecule has 0 fully saturated rings. The van der Waals surface area contributed by atoms with Crippen LogP contribution in [0.15, 0.2) is 30.3 Å². The Morgan fingerprint density at radius 2 is 2.00 bits per heavy atom. The van der Waals surface area contributed by atoms with Crippen LogP contribution in [-0.2, 0) is 11.2 Å². The molecule has 0 aliphatic heterocycles. The van der Waals surface area contributed by atoms with Gasteiger partial charge in [0.05, 0.1) is 6.61 Å². The van der Waals surface area contributed by atoms with Crippen molar-refractivity contribution >= 4 is 17.6 Å². The number of aromatic nitrogens is 1. The highest BCUT2D eigenvalue weighted by Gasteiger charge is 2.11. The van der Waals surface area contributed by atoms with E-state index in [0.717, 1.165) is 0 Å². The van der Waals surface area contributed by atoms with E-state index in [1.165, 1.54) is 0 Å². The zero-order chi connectivity index (χ0) is 17.4. The van der Waals surface area contributed by atoms with Crippen LogP contribution in [0.3, 0.4) is 0 Å². The standard InChI is InChI=1S/C16H16ClNO3.C2H6/c1-3-21-16(20)14-6-4-5-13(18-14)9-11-8-12(17)7-10(2)15(11)19;1-2/h4-8,19H,3,9H2,1-2H3;1-2H3. The number of hydrogen-bond acceptors (Lipinski definition) is 4. The molecule has 2 rings (SSSR count). The monoisotopic (exact) mass is 335 g/mol. The van der Waals surface area contributed by atoms with Crippen molar-refractivity contribution in [1.82, 2.24) is 4.98 Å². The number of nitrogens with zero attached hydrogens (tertiary/aromatic N) is 1. The van der Waals surface area contributed by atoms with Crippen molar-refractivity contribution in [1.29, 1.82) is 0 Å². The number of aryl methyl sites for hydroxylation is 1. The SMILES string of the molecule is CC.CCOC(=O)c1cccc(Cc2cc(Cl)cc(C)c2O)n1. The van der Waals surface area contributed by atoms with Gasteiger partial charge < -0.3 is 9.84 Å². The van der Waals surface area contributed by atoms with E-state index < -0.39 is 5.97 Å². The lowest BCUT2D eigenvalue weighted by molar-refractivity contribution is 0.0519. The molecule has 0 saturated heterocycles. The Kier molecular flexibility index (Phi) is 7.55. The normalized spacial score (nSPS) is 9.78. The fraction of sp³-hybridized carbons (Fsp3) is 0.333. The van der Waals surface area contributed by atoms with Gasteiger partial charge in [-0.1, -0.05) is 31.5 Å². The topological polar surface area (TPSA) is 59.4 Å². The van der Waals surface area contributed by atoms with Gasteiger partial charge in [0.15, 0.2) is 0 Å². The molecule has 124 valence electrons. The summed E-state index contributed by atoms with van der Waals surface area (Å²) in [6.07, 6.45) is 0.389. The molecule has 4 nitrogen and oxygen atoms in total. The largest absolute Gasteiger partial charge is 0.507 e. The zero-order valence-electron chi connectivity index (χ0n) is 13.9. The number of hydrogen-bond donors (Lipinski definition) is 1. The number of carbonyl (C=O) groups is 1. The summed E-state index contributed by atoms with van der Waals surface area (Å²) in [6, 6.07) is 8.53. The van der Waals surface area contributed by atoms with Crippen molar-refractivity contribution in [2.75, 3.05) is 6.61 Å². The van der Waals surface area contributed by atoms with E-state index in [-0.39, 0.29) is 11.4 Å². The lowest BCUT2D eigenvalue weighted by Gasteiger charge is -2.09. The molecule has 1 aromatic carbocycles. The maximum atomic E-state index is 11.7. The summed E-state index contributed by atoms with van der Waals surface area (Å²) in [5.74, 6) is -0.256. The summed E-state index contributed by atoms with van der Waals surface area (Å²) in [6.45, 7) is 7.83. The number of ether oxygens (including phenoxy) is 1. The average molecular weight is 336 g/mol. The maximum absolute atomic E-state index is 11.7. The van der Waals surface area contributed by atoms with Crippen LogP contribution in [-0.4, -0.2) is 22.7 Å². The van der Waals surface area contributed by atoms with E-state index in [4.69, 9.17) is 16.3 Å². The summed E-state index contributed by atoms with van der Waals surface area (Å²) < 4.78 is 4.92. The van der Waals surface area contributed by atoms with Crippen LogP contribution < -0.4 is 0 Å². The van der Waals surface area contributed by atoms with Crippen LogP contribution in [0, 0.1) is 6.92 Å². The fourth-order valence-electron chi connectivity index (χ4n) is 2.03. The van der Waals surface area contributed by atoms with Crippen LogP contribution in [0.4, 0.5) is 0 Å². The van der Waals surface area contributed by atoms with Crippen molar-refractivity contribution in [3.8, 4) is 5.75 Å². The van der Waals surface area contributed by atoms with Gasteiger partial charge in [0.1, 0.15) is 11.4 Å². The Hall–Kier alpha value is -2.07. The Labute approximate surface area is 142 Å². The van der Waals surface area contributed by atoms with Gasteiger partial charge in [-0.3, -0.25) is 0 Å². The molecule has 1 aromatic heterocycles. The van der Waals surface area contributed by atoms with Crippen molar-refractivity contribution in [3.63, 3.8) is 0 Å². The summed E-state index contributed by atoms with van der Waals surface area (Å²) in [5.41, 5.74) is 2.30. The molecule has 0 aliphatic carbocycles. The third-order valence-electron chi connectivity index (χ3n) is 3.01. The molecule has 0 spiro atoms. The van der Waals surface area contributed by atoms with Gasteiger partial charge in [-0.15, -0.1) is 0 Å². The molecule has 0 atom stereocenters. The number of benzene rings is 1. The molecule has 0 bridgehead atoms. The minimum atomic E-state index is -0.453. The quantitative estimate of drug-likeness (QED) is 0.833. The number of phenolic OH excluding ortho intramolecular Hbond substituents is 1. The van der Waals surface area contributed by atoms with Gasteiger partial charge in [-0.2, -0.15) is 0 Å². The second kappa shape index (κ2) is 9.16. The van der Waals surface area contributed by atoms with Crippen molar-refractivity contribution in [2.45, 2.75) is 34.1 Å². The highest BCUT2D eigenvalue weighted by molar-refractivity contribution is 6.30. The average Bonchev–Trinajstić information content (AvgIpc) is 2.54. The first-order valence-electron chi connectivity index (χ1n) is 7.62. The molecule has 0 unspecified atom stereocenters. The molecule has 5 heteroatoms. The van der Waals surface area contributed by atoms with Crippen LogP contribution in [0.1, 0.15) is 48.1 Å². The lowest BCUT2D eigenvalue weighted by Crippen LogP contribution is -2.08. The van der Waals surface area contributed by atoms with Gasteiger partial charge in [0, 0.05) is 22.7 Å². The summed E-state index contributed by atoms with van der Waals surface area (Å²) in [7, 11) is 0. The number of phenols is 1. The predicted molar refractivity (Wildman–Crippen MR) is 92.2 cm³/mol. The first-order valence-corrected chi connectivity index (χ1v) is 8.00. The second-order valence-electron chi connectivity index (χ2n) is 4.64. The van der Waals surface area contributed by atoms with Crippen molar-refractivity contribution in [3.05, 3.63) is 57.9 Å². The molecule has 23 heavy (non-hydrogen) atoms. The summed E-state index contributed by atoms with van der Waals surface area (Å²) in [5, 5.41) is 10.6. The fourth-order valence-corrected chi connectivity index (χ4v) is 2.33. The van der Waals surface area contributed by atoms with Gasteiger partial charge in [-0.25, -0.2) is 9.78 Å². The van der Waals surface area contributed by atoms with Gasteiger partial charge in [0.2, 0.25) is 0 Å². The van der Waals surface area contributed by atoms with E-state index >= 15 is 0 Å². The Balaban J connectivity index is 0.00000127. The third kappa shape index (κ3) is 5.25. The van der Waals surface area contributed by atoms with E-state index in [2.05, 4.69) is 4.98 Å². The van der Waals surface area contributed by atoms with Gasteiger partial charge in [0.25, 0.3) is 0 Å². The van der Waals surface area contributed by atoms with Crippen LogP contribution in [0.5, 0.6) is 5.75 Å². The predicted octanol–water partition coefficient (Wildman–Crippen LogP) is 4.54. The van der Waals surface area contributed by atoms with E-state index in [1.807, 2.05) is 13.8 Å². The number of aromatic hydroxyl groups is 1. The molecule has 0 radical (unpaired) electrons. The molecular formula is C18H22ClNO3.